The molecule has 0 aliphatic heterocycles. The normalized spacial score (nSPS) is 11.7. The summed E-state index contributed by atoms with van der Waals surface area (Å²) in [6, 6.07) is 0. The van der Waals surface area contributed by atoms with Crippen LogP contribution < -0.4 is 0 Å². The summed E-state index contributed by atoms with van der Waals surface area (Å²) in [5, 5.41) is 0. The molecule has 0 fully saturated rings. The molecule has 0 aromatic rings. The molecule has 340 valence electrons. The minimum Gasteiger partial charge on any atom is -0.466 e. The Hall–Kier alpha value is -0.790. The van der Waals surface area contributed by atoms with Gasteiger partial charge < -0.3 is 4.74 Å². The van der Waals surface area contributed by atoms with Gasteiger partial charge in [0.2, 0.25) is 0 Å². The van der Waals surface area contributed by atoms with Gasteiger partial charge in [-0.1, -0.05) is 296 Å². The fourth-order valence-electron chi connectivity index (χ4n) is 8.61. The monoisotopic (exact) mass is 801 g/mol. The summed E-state index contributed by atoms with van der Waals surface area (Å²) in [5.74, 6) is 0.0293. The molecule has 0 aliphatic carbocycles. The summed E-state index contributed by atoms with van der Waals surface area (Å²) in [6.07, 6.45) is 72.3. The first-order chi connectivity index (χ1) is 28.3. The minimum atomic E-state index is 0.0293. The molecule has 57 heavy (non-hydrogen) atoms. The van der Waals surface area contributed by atoms with Crippen molar-refractivity contribution in [2.24, 2.45) is 0 Å². The van der Waals surface area contributed by atoms with E-state index in [1.54, 1.807) is 0 Å². The zero-order valence-electron chi connectivity index (χ0n) is 39.8. The van der Waals surface area contributed by atoms with Gasteiger partial charge in [0.15, 0.2) is 0 Å². The smallest absolute Gasteiger partial charge is 0.305 e. The molecule has 0 aliphatic rings. The summed E-state index contributed by atoms with van der Waals surface area (Å²) < 4.78 is 5.50. The van der Waals surface area contributed by atoms with Crippen LogP contribution in [0.15, 0.2) is 12.2 Å². The zero-order chi connectivity index (χ0) is 41.1. The summed E-state index contributed by atoms with van der Waals surface area (Å²) in [5.41, 5.74) is 0. The summed E-state index contributed by atoms with van der Waals surface area (Å²) in [6.45, 7) is 5.23. The van der Waals surface area contributed by atoms with Crippen molar-refractivity contribution < 1.29 is 9.53 Å². The lowest BCUT2D eigenvalue weighted by molar-refractivity contribution is -0.143. The molecule has 2 nitrogen and oxygen atoms in total. The van der Waals surface area contributed by atoms with Crippen LogP contribution in [0.5, 0.6) is 0 Å². The third-order valence-corrected chi connectivity index (χ3v) is 12.7. The molecule has 0 atom stereocenters. The maximum absolute atomic E-state index is 12.1. The molecule has 2 heteroatoms. The highest BCUT2D eigenvalue weighted by atomic mass is 16.5. The first-order valence-corrected chi connectivity index (χ1v) is 27.1. The van der Waals surface area contributed by atoms with Gasteiger partial charge in [0.1, 0.15) is 0 Å². The van der Waals surface area contributed by atoms with Gasteiger partial charge in [-0.05, 0) is 38.5 Å². The molecule has 0 aromatic carbocycles. The van der Waals surface area contributed by atoms with E-state index in [0.29, 0.717) is 13.0 Å². The molecule has 0 spiro atoms. The molecular formula is C55H108O2. The highest BCUT2D eigenvalue weighted by Gasteiger charge is 2.03. The number of ether oxygens (including phenoxy) is 1. The standard InChI is InChI=1S/C55H108O2/c1-3-5-7-9-11-13-15-17-19-21-23-24-25-26-27-28-29-30-31-32-33-34-36-38-40-42-44-46-48-50-52-54-57-55(56)53-51-49-47-45-43-41-39-37-35-22-20-18-16-14-12-10-8-6-4-2/h18,20H,3-17,19,21-54H2,1-2H3/b20-18-. The van der Waals surface area contributed by atoms with Crippen molar-refractivity contribution >= 4 is 5.97 Å². The number of rotatable bonds is 51. The second kappa shape index (κ2) is 53.2. The van der Waals surface area contributed by atoms with Crippen molar-refractivity contribution in [3.8, 4) is 0 Å². The quantitative estimate of drug-likeness (QED) is 0.0348. The number of esters is 1. The Morgan fingerprint density at radius 3 is 0.754 bits per heavy atom. The highest BCUT2D eigenvalue weighted by molar-refractivity contribution is 5.69. The predicted molar refractivity (Wildman–Crippen MR) is 258 cm³/mol. The fourth-order valence-corrected chi connectivity index (χ4v) is 8.61. The number of hydrogen-bond acceptors (Lipinski definition) is 2. The number of unbranched alkanes of at least 4 members (excludes halogenated alkanes) is 45. The minimum absolute atomic E-state index is 0.0293. The number of allylic oxidation sites excluding steroid dienone is 2. The van der Waals surface area contributed by atoms with E-state index in [-0.39, 0.29) is 5.97 Å². The molecule has 0 aromatic heterocycles. The van der Waals surface area contributed by atoms with Gasteiger partial charge >= 0.3 is 5.97 Å². The van der Waals surface area contributed by atoms with Crippen molar-refractivity contribution in [2.75, 3.05) is 6.61 Å². The summed E-state index contributed by atoms with van der Waals surface area (Å²) >= 11 is 0. The Kier molecular flexibility index (Phi) is 52.5. The summed E-state index contributed by atoms with van der Waals surface area (Å²) in [4.78, 5) is 12.1. The molecule has 0 unspecified atom stereocenters. The summed E-state index contributed by atoms with van der Waals surface area (Å²) in [7, 11) is 0. The average molecular weight is 801 g/mol. The van der Waals surface area contributed by atoms with Gasteiger partial charge in [-0.15, -0.1) is 0 Å². The lowest BCUT2D eigenvalue weighted by Crippen LogP contribution is -2.05. The largest absolute Gasteiger partial charge is 0.466 e. The van der Waals surface area contributed by atoms with Crippen molar-refractivity contribution in [2.45, 2.75) is 328 Å². The molecule has 0 saturated carbocycles. The first-order valence-electron chi connectivity index (χ1n) is 27.1. The maximum atomic E-state index is 12.1. The fraction of sp³-hybridized carbons (Fsp3) is 0.945. The molecule has 0 N–H and O–H groups in total. The van der Waals surface area contributed by atoms with E-state index in [1.165, 1.54) is 295 Å². The van der Waals surface area contributed by atoms with Crippen LogP contribution in [0.1, 0.15) is 328 Å². The van der Waals surface area contributed by atoms with Crippen LogP contribution in [0, 0.1) is 0 Å². The number of carbonyl (C=O) groups is 1. The Labute approximate surface area is 361 Å². The van der Waals surface area contributed by atoms with Gasteiger partial charge in [0.05, 0.1) is 6.61 Å². The predicted octanol–water partition coefficient (Wildman–Crippen LogP) is 20.2. The van der Waals surface area contributed by atoms with Crippen molar-refractivity contribution in [1.82, 2.24) is 0 Å². The Morgan fingerprint density at radius 2 is 0.491 bits per heavy atom. The van der Waals surface area contributed by atoms with Crippen LogP contribution in [-0.2, 0) is 9.53 Å². The second-order valence-corrected chi connectivity index (χ2v) is 18.6. The molecule has 0 amide bonds. The molecular weight excluding hydrogens is 693 g/mol. The van der Waals surface area contributed by atoms with E-state index in [4.69, 9.17) is 4.74 Å². The van der Waals surface area contributed by atoms with E-state index < -0.39 is 0 Å². The van der Waals surface area contributed by atoms with Crippen LogP contribution in [0.25, 0.3) is 0 Å². The van der Waals surface area contributed by atoms with Crippen LogP contribution >= 0.6 is 0 Å². The van der Waals surface area contributed by atoms with Crippen LogP contribution in [0.2, 0.25) is 0 Å². The van der Waals surface area contributed by atoms with Crippen LogP contribution in [0.4, 0.5) is 0 Å². The Bertz CT molecular complexity index is 743. The molecule has 0 rings (SSSR count). The molecule has 0 heterocycles. The lowest BCUT2D eigenvalue weighted by Gasteiger charge is -2.06. The van der Waals surface area contributed by atoms with Gasteiger partial charge in [-0.3, -0.25) is 4.79 Å². The van der Waals surface area contributed by atoms with Gasteiger partial charge in [-0.2, -0.15) is 0 Å². The topological polar surface area (TPSA) is 26.3 Å². The lowest BCUT2D eigenvalue weighted by atomic mass is 10.0. The molecule has 0 radical (unpaired) electrons. The van der Waals surface area contributed by atoms with Crippen molar-refractivity contribution in [3.05, 3.63) is 12.2 Å². The van der Waals surface area contributed by atoms with E-state index in [0.717, 1.165) is 12.8 Å². The van der Waals surface area contributed by atoms with Crippen LogP contribution in [0.3, 0.4) is 0 Å². The molecule has 0 bridgehead atoms. The van der Waals surface area contributed by atoms with E-state index in [2.05, 4.69) is 26.0 Å². The van der Waals surface area contributed by atoms with Gasteiger partial charge in [0, 0.05) is 6.42 Å². The molecule has 0 saturated heterocycles. The van der Waals surface area contributed by atoms with E-state index in [9.17, 15) is 4.79 Å². The van der Waals surface area contributed by atoms with Crippen LogP contribution in [-0.4, -0.2) is 12.6 Å². The SMILES string of the molecule is CCCCCCCC/C=C\CCCCCCCCCCCC(=O)OCCCCCCCCCCCCCCCCCCCCCCCCCCCCCCCCC. The van der Waals surface area contributed by atoms with E-state index >= 15 is 0 Å². The van der Waals surface area contributed by atoms with Crippen molar-refractivity contribution in [3.63, 3.8) is 0 Å². The van der Waals surface area contributed by atoms with E-state index in [1.807, 2.05) is 0 Å². The van der Waals surface area contributed by atoms with Gasteiger partial charge in [-0.25, -0.2) is 0 Å². The highest BCUT2D eigenvalue weighted by Crippen LogP contribution is 2.18. The average Bonchev–Trinajstić information content (AvgIpc) is 3.22. The van der Waals surface area contributed by atoms with Gasteiger partial charge in [0.25, 0.3) is 0 Å². The first kappa shape index (κ1) is 56.2. The second-order valence-electron chi connectivity index (χ2n) is 18.6. The van der Waals surface area contributed by atoms with Crippen molar-refractivity contribution in [1.29, 1.82) is 0 Å². The Morgan fingerprint density at radius 1 is 0.281 bits per heavy atom. The third-order valence-electron chi connectivity index (χ3n) is 12.7. The zero-order valence-corrected chi connectivity index (χ0v) is 39.8. The number of hydrogen-bond donors (Lipinski definition) is 0. The number of carbonyl (C=O) groups excluding carboxylic acids is 1. The Balaban J connectivity index is 3.15. The third kappa shape index (κ3) is 53.2. The maximum Gasteiger partial charge on any atom is 0.305 e.